The molecule has 1 aliphatic rings. The minimum absolute atomic E-state index is 0.0424. The summed E-state index contributed by atoms with van der Waals surface area (Å²) in [5.74, 6) is 1.17. The van der Waals surface area contributed by atoms with Gasteiger partial charge in [-0.05, 0) is 11.4 Å². The summed E-state index contributed by atoms with van der Waals surface area (Å²) in [4.78, 5) is 3.13. The van der Waals surface area contributed by atoms with E-state index in [2.05, 4.69) is 15.1 Å². The Morgan fingerprint density at radius 2 is 2.42 bits per heavy atom. The lowest BCUT2D eigenvalue weighted by Gasteiger charge is -2.30. The lowest BCUT2D eigenvalue weighted by molar-refractivity contribution is -0.0568. The van der Waals surface area contributed by atoms with Gasteiger partial charge in [-0.15, -0.1) is 21.5 Å². The van der Waals surface area contributed by atoms with Gasteiger partial charge in [0.25, 0.3) is 5.89 Å². The summed E-state index contributed by atoms with van der Waals surface area (Å²) >= 11 is 1.58. The van der Waals surface area contributed by atoms with E-state index in [9.17, 15) is 0 Å². The molecule has 102 valence electrons. The van der Waals surface area contributed by atoms with E-state index >= 15 is 0 Å². The second-order valence-corrected chi connectivity index (χ2v) is 5.34. The summed E-state index contributed by atoms with van der Waals surface area (Å²) in [7, 11) is 0. The third-order valence-corrected chi connectivity index (χ3v) is 3.84. The molecule has 19 heavy (non-hydrogen) atoms. The first-order valence-electron chi connectivity index (χ1n) is 6.16. The number of rotatable bonds is 4. The number of aliphatic hydroxyl groups excluding tert-OH is 1. The molecule has 0 aromatic carbocycles. The molecule has 3 rings (SSSR count). The van der Waals surface area contributed by atoms with Crippen molar-refractivity contribution in [2.24, 2.45) is 0 Å². The monoisotopic (exact) mass is 281 g/mol. The fourth-order valence-corrected chi connectivity index (χ4v) is 2.69. The van der Waals surface area contributed by atoms with Crippen molar-refractivity contribution in [3.63, 3.8) is 0 Å². The first-order chi connectivity index (χ1) is 9.35. The van der Waals surface area contributed by atoms with Crippen molar-refractivity contribution in [3.8, 4) is 10.8 Å². The van der Waals surface area contributed by atoms with E-state index in [4.69, 9.17) is 14.3 Å². The molecular formula is C12H15N3O3S. The zero-order valence-corrected chi connectivity index (χ0v) is 11.2. The summed E-state index contributed by atoms with van der Waals surface area (Å²) in [6.45, 7) is 2.76. The average molecular weight is 281 g/mol. The van der Waals surface area contributed by atoms with Gasteiger partial charge in [0, 0.05) is 13.1 Å². The van der Waals surface area contributed by atoms with Crippen LogP contribution in [0.15, 0.2) is 21.9 Å². The third-order valence-electron chi connectivity index (χ3n) is 2.98. The molecule has 1 fully saturated rings. The molecule has 0 aliphatic carbocycles. The lowest BCUT2D eigenvalue weighted by Crippen LogP contribution is -2.43. The lowest BCUT2D eigenvalue weighted by atomic mass is 10.3. The van der Waals surface area contributed by atoms with Crippen molar-refractivity contribution in [2.75, 3.05) is 26.3 Å². The Hall–Kier alpha value is -1.28. The van der Waals surface area contributed by atoms with Gasteiger partial charge in [0.1, 0.15) is 0 Å². The molecule has 1 atom stereocenters. The van der Waals surface area contributed by atoms with E-state index in [-0.39, 0.29) is 12.7 Å². The number of morpholine rings is 1. The summed E-state index contributed by atoms with van der Waals surface area (Å²) in [6.07, 6.45) is -0.117. The molecule has 1 saturated heterocycles. The summed E-state index contributed by atoms with van der Waals surface area (Å²) in [6, 6.07) is 3.91. The third kappa shape index (κ3) is 3.01. The average Bonchev–Trinajstić information content (AvgIpc) is 3.09. The van der Waals surface area contributed by atoms with Crippen LogP contribution in [0, 0.1) is 0 Å². The minimum atomic E-state index is -0.117. The smallest absolute Gasteiger partial charge is 0.257 e. The molecule has 0 bridgehead atoms. The van der Waals surface area contributed by atoms with Crippen LogP contribution in [-0.2, 0) is 11.3 Å². The normalized spacial score (nSPS) is 20.8. The van der Waals surface area contributed by atoms with Gasteiger partial charge in [-0.1, -0.05) is 6.07 Å². The molecular weight excluding hydrogens is 266 g/mol. The highest BCUT2D eigenvalue weighted by Gasteiger charge is 2.21. The number of hydrogen-bond acceptors (Lipinski definition) is 7. The molecule has 0 amide bonds. The van der Waals surface area contributed by atoms with E-state index in [0.717, 1.165) is 11.4 Å². The van der Waals surface area contributed by atoms with E-state index in [1.807, 2.05) is 17.5 Å². The molecule has 0 saturated carbocycles. The van der Waals surface area contributed by atoms with E-state index in [0.29, 0.717) is 31.5 Å². The Bertz CT molecular complexity index is 514. The largest absolute Gasteiger partial charge is 0.419 e. The van der Waals surface area contributed by atoms with Crippen molar-refractivity contribution < 1.29 is 14.3 Å². The van der Waals surface area contributed by atoms with Crippen LogP contribution in [0.25, 0.3) is 10.8 Å². The first-order valence-corrected chi connectivity index (χ1v) is 7.04. The number of aliphatic hydroxyl groups is 1. The van der Waals surface area contributed by atoms with Gasteiger partial charge in [-0.3, -0.25) is 4.90 Å². The van der Waals surface area contributed by atoms with Crippen LogP contribution in [0.4, 0.5) is 0 Å². The predicted molar refractivity (Wildman–Crippen MR) is 69.7 cm³/mol. The molecule has 1 N–H and O–H groups in total. The number of ether oxygens (including phenoxy) is 1. The van der Waals surface area contributed by atoms with Crippen LogP contribution in [0.5, 0.6) is 0 Å². The maximum absolute atomic E-state index is 9.10. The van der Waals surface area contributed by atoms with Crippen LogP contribution in [0.3, 0.4) is 0 Å². The Morgan fingerprint density at radius 3 is 3.21 bits per heavy atom. The maximum Gasteiger partial charge on any atom is 0.257 e. The van der Waals surface area contributed by atoms with E-state index in [1.165, 1.54) is 0 Å². The van der Waals surface area contributed by atoms with Gasteiger partial charge in [-0.2, -0.15) is 0 Å². The molecule has 3 heterocycles. The number of hydrogen-bond donors (Lipinski definition) is 1. The molecule has 6 nitrogen and oxygen atoms in total. The highest BCUT2D eigenvalue weighted by Crippen LogP contribution is 2.23. The number of thiophene rings is 1. The molecule has 2 aromatic heterocycles. The Labute approximate surface area is 114 Å². The Kier molecular flexibility index (Phi) is 3.88. The van der Waals surface area contributed by atoms with Crippen molar-refractivity contribution in [1.29, 1.82) is 0 Å². The highest BCUT2D eigenvalue weighted by molar-refractivity contribution is 7.13. The summed E-state index contributed by atoms with van der Waals surface area (Å²) < 4.78 is 11.0. The van der Waals surface area contributed by atoms with E-state index < -0.39 is 0 Å². The van der Waals surface area contributed by atoms with Crippen LogP contribution in [-0.4, -0.2) is 52.6 Å². The van der Waals surface area contributed by atoms with Gasteiger partial charge >= 0.3 is 0 Å². The Morgan fingerprint density at radius 1 is 1.47 bits per heavy atom. The molecule has 0 radical (unpaired) electrons. The molecule has 1 aliphatic heterocycles. The van der Waals surface area contributed by atoms with Crippen LogP contribution < -0.4 is 0 Å². The topological polar surface area (TPSA) is 71.6 Å². The highest BCUT2D eigenvalue weighted by atomic mass is 32.1. The number of aromatic nitrogens is 2. The standard InChI is InChI=1S/C12H15N3O3S/c16-8-9-6-15(3-4-17-9)7-11-13-14-12(18-11)10-2-1-5-19-10/h1-2,5,9,16H,3-4,6-8H2. The maximum atomic E-state index is 9.10. The van der Waals surface area contributed by atoms with Crippen LogP contribution in [0.2, 0.25) is 0 Å². The van der Waals surface area contributed by atoms with Crippen molar-refractivity contribution in [3.05, 3.63) is 23.4 Å². The van der Waals surface area contributed by atoms with Gasteiger partial charge in [0.05, 0.1) is 30.7 Å². The molecule has 7 heteroatoms. The zero-order valence-electron chi connectivity index (χ0n) is 10.4. The second-order valence-electron chi connectivity index (χ2n) is 4.39. The minimum Gasteiger partial charge on any atom is -0.419 e. The van der Waals surface area contributed by atoms with E-state index in [1.54, 1.807) is 11.3 Å². The Balaban J connectivity index is 1.64. The van der Waals surface area contributed by atoms with Crippen molar-refractivity contribution >= 4 is 11.3 Å². The fourth-order valence-electron chi connectivity index (χ4n) is 2.04. The first kappa shape index (κ1) is 12.7. The van der Waals surface area contributed by atoms with Crippen LogP contribution in [0.1, 0.15) is 5.89 Å². The van der Waals surface area contributed by atoms with Gasteiger partial charge in [-0.25, -0.2) is 0 Å². The summed E-state index contributed by atoms with van der Waals surface area (Å²) in [5.41, 5.74) is 0. The fraction of sp³-hybridized carbons (Fsp3) is 0.500. The zero-order chi connectivity index (χ0) is 13.1. The second kappa shape index (κ2) is 5.79. The quantitative estimate of drug-likeness (QED) is 0.901. The number of nitrogens with zero attached hydrogens (tertiary/aromatic N) is 3. The SMILES string of the molecule is OCC1CN(Cc2nnc(-c3cccs3)o2)CCO1. The van der Waals surface area contributed by atoms with Gasteiger partial charge in [0.15, 0.2) is 0 Å². The predicted octanol–water partition coefficient (Wildman–Crippen LogP) is 0.991. The van der Waals surface area contributed by atoms with Crippen LogP contribution >= 0.6 is 11.3 Å². The molecule has 2 aromatic rings. The molecule has 0 spiro atoms. The summed E-state index contributed by atoms with van der Waals surface area (Å²) in [5, 5.41) is 19.2. The van der Waals surface area contributed by atoms with Gasteiger partial charge in [0.2, 0.25) is 5.89 Å². The van der Waals surface area contributed by atoms with Crippen molar-refractivity contribution in [1.82, 2.24) is 15.1 Å². The molecule has 1 unspecified atom stereocenters. The van der Waals surface area contributed by atoms with Gasteiger partial charge < -0.3 is 14.3 Å². The van der Waals surface area contributed by atoms with Crippen molar-refractivity contribution in [2.45, 2.75) is 12.6 Å².